The fraction of sp³-hybridized carbons (Fsp3) is 0.647. The molecule has 1 aliphatic rings. The number of hydrogen-bond donors (Lipinski definition) is 1. The number of aromatic nitrogens is 5. The van der Waals surface area contributed by atoms with E-state index in [4.69, 9.17) is 0 Å². The zero-order chi connectivity index (χ0) is 16.8. The molecule has 0 aromatic carbocycles. The molecule has 2 aromatic heterocycles. The highest BCUT2D eigenvalue weighted by molar-refractivity contribution is 5.92. The summed E-state index contributed by atoms with van der Waals surface area (Å²) in [6, 6.07) is 1.96. The maximum atomic E-state index is 12.3. The maximum Gasteiger partial charge on any atom is 0.273 e. The Morgan fingerprint density at radius 2 is 2.17 bits per heavy atom. The van der Waals surface area contributed by atoms with Crippen LogP contribution in [-0.4, -0.2) is 36.7 Å². The van der Waals surface area contributed by atoms with Gasteiger partial charge in [-0.25, -0.2) is 0 Å². The Labute approximate surface area is 142 Å². The molecule has 0 saturated heterocycles. The molecule has 0 radical (unpaired) electrons. The molecular weight excluding hydrogens is 304 g/mol. The van der Waals surface area contributed by atoms with Crippen molar-refractivity contribution < 1.29 is 4.79 Å². The first-order valence-electron chi connectivity index (χ1n) is 8.89. The van der Waals surface area contributed by atoms with Crippen LogP contribution in [0.3, 0.4) is 0 Å². The monoisotopic (exact) mass is 330 g/mol. The fourth-order valence-corrected chi connectivity index (χ4v) is 3.25. The fourth-order valence-electron chi connectivity index (χ4n) is 3.25. The van der Waals surface area contributed by atoms with E-state index < -0.39 is 0 Å². The van der Waals surface area contributed by atoms with Crippen LogP contribution >= 0.6 is 0 Å². The van der Waals surface area contributed by atoms with Crippen LogP contribution in [-0.2, 0) is 13.1 Å². The van der Waals surface area contributed by atoms with E-state index in [9.17, 15) is 4.79 Å². The van der Waals surface area contributed by atoms with Gasteiger partial charge in [0, 0.05) is 31.5 Å². The van der Waals surface area contributed by atoms with Crippen LogP contribution in [0.4, 0.5) is 0 Å². The van der Waals surface area contributed by atoms with Crippen molar-refractivity contribution in [3.05, 3.63) is 30.4 Å². The molecule has 0 spiro atoms. The van der Waals surface area contributed by atoms with E-state index in [-0.39, 0.29) is 11.9 Å². The maximum absolute atomic E-state index is 12.3. The Bertz CT molecular complexity index is 629. The first kappa shape index (κ1) is 16.7. The highest BCUT2D eigenvalue weighted by atomic mass is 16.2. The number of carbonyl (C=O) groups excluding carboxylic acids is 1. The molecule has 1 atom stereocenters. The molecule has 1 fully saturated rings. The van der Waals surface area contributed by atoms with E-state index in [0.29, 0.717) is 11.6 Å². The third kappa shape index (κ3) is 4.66. The van der Waals surface area contributed by atoms with Crippen LogP contribution in [0.1, 0.15) is 55.9 Å². The zero-order valence-electron chi connectivity index (χ0n) is 14.3. The van der Waals surface area contributed by atoms with Crippen LogP contribution in [0.25, 0.3) is 0 Å². The largest absolute Gasteiger partial charge is 0.348 e. The Hall–Kier alpha value is -2.18. The molecule has 24 heavy (non-hydrogen) atoms. The molecule has 1 aliphatic carbocycles. The van der Waals surface area contributed by atoms with Crippen LogP contribution in [0, 0.1) is 5.92 Å². The van der Waals surface area contributed by atoms with Gasteiger partial charge < -0.3 is 5.32 Å². The molecule has 1 amide bonds. The molecule has 2 heterocycles. The first-order valence-corrected chi connectivity index (χ1v) is 8.89. The molecule has 7 nitrogen and oxygen atoms in total. The lowest BCUT2D eigenvalue weighted by Gasteiger charge is -2.20. The van der Waals surface area contributed by atoms with E-state index >= 15 is 0 Å². The average Bonchev–Trinajstić information content (AvgIpc) is 3.25. The van der Waals surface area contributed by atoms with E-state index in [1.807, 2.05) is 28.6 Å². The van der Waals surface area contributed by atoms with Crippen molar-refractivity contribution in [2.45, 2.75) is 64.6 Å². The SMILES string of the molecule is C[C@H](CCn1cccn1)NC(=O)c1cn(CC2CCCCC2)nn1. The Morgan fingerprint density at radius 1 is 1.33 bits per heavy atom. The highest BCUT2D eigenvalue weighted by Crippen LogP contribution is 2.24. The molecule has 2 aromatic rings. The second-order valence-corrected chi connectivity index (χ2v) is 6.76. The third-order valence-electron chi connectivity index (χ3n) is 4.67. The van der Waals surface area contributed by atoms with E-state index in [0.717, 1.165) is 19.5 Å². The predicted octanol–water partition coefficient (Wildman–Crippen LogP) is 2.26. The van der Waals surface area contributed by atoms with Crippen molar-refractivity contribution in [1.82, 2.24) is 30.1 Å². The summed E-state index contributed by atoms with van der Waals surface area (Å²) >= 11 is 0. The van der Waals surface area contributed by atoms with Gasteiger partial charge in [0.2, 0.25) is 0 Å². The van der Waals surface area contributed by atoms with E-state index in [1.165, 1.54) is 32.1 Å². The van der Waals surface area contributed by atoms with Crippen molar-refractivity contribution in [3.63, 3.8) is 0 Å². The number of amides is 1. The Balaban J connectivity index is 1.46. The summed E-state index contributed by atoms with van der Waals surface area (Å²) in [6.07, 6.45) is 12.7. The summed E-state index contributed by atoms with van der Waals surface area (Å²) in [5, 5.41) is 15.3. The van der Waals surface area contributed by atoms with E-state index in [1.54, 1.807) is 12.4 Å². The molecule has 130 valence electrons. The summed E-state index contributed by atoms with van der Waals surface area (Å²) in [6.45, 7) is 3.64. The number of carbonyl (C=O) groups is 1. The smallest absolute Gasteiger partial charge is 0.273 e. The lowest BCUT2D eigenvalue weighted by molar-refractivity contribution is 0.0932. The van der Waals surface area contributed by atoms with Gasteiger partial charge in [-0.3, -0.25) is 14.2 Å². The van der Waals surface area contributed by atoms with Gasteiger partial charge in [-0.05, 0) is 38.2 Å². The van der Waals surface area contributed by atoms with Crippen molar-refractivity contribution in [2.24, 2.45) is 5.92 Å². The van der Waals surface area contributed by atoms with Gasteiger partial charge in [0.25, 0.3) is 5.91 Å². The summed E-state index contributed by atoms with van der Waals surface area (Å²) < 4.78 is 3.68. The second-order valence-electron chi connectivity index (χ2n) is 6.76. The molecule has 0 bridgehead atoms. The van der Waals surface area contributed by atoms with Gasteiger partial charge in [0.05, 0.1) is 6.20 Å². The van der Waals surface area contributed by atoms with Crippen LogP contribution in [0.15, 0.2) is 24.7 Å². The van der Waals surface area contributed by atoms with Crippen molar-refractivity contribution in [1.29, 1.82) is 0 Å². The summed E-state index contributed by atoms with van der Waals surface area (Å²) in [5.41, 5.74) is 0.400. The first-order chi connectivity index (χ1) is 11.7. The lowest BCUT2D eigenvalue weighted by Crippen LogP contribution is -2.33. The van der Waals surface area contributed by atoms with Crippen LogP contribution in [0.5, 0.6) is 0 Å². The summed E-state index contributed by atoms with van der Waals surface area (Å²) in [7, 11) is 0. The molecular formula is C17H26N6O. The van der Waals surface area contributed by atoms with Gasteiger partial charge >= 0.3 is 0 Å². The topological polar surface area (TPSA) is 77.6 Å². The zero-order valence-corrected chi connectivity index (χ0v) is 14.3. The number of nitrogens with zero attached hydrogens (tertiary/aromatic N) is 5. The van der Waals surface area contributed by atoms with Gasteiger partial charge in [0.1, 0.15) is 0 Å². The molecule has 0 aliphatic heterocycles. The van der Waals surface area contributed by atoms with Gasteiger partial charge in [0.15, 0.2) is 5.69 Å². The molecule has 3 rings (SSSR count). The standard InChI is InChI=1S/C17H26N6O/c1-14(8-11-22-10-5-9-18-22)19-17(24)16-13-23(21-20-16)12-15-6-3-2-4-7-15/h5,9-10,13-15H,2-4,6-8,11-12H2,1H3,(H,19,24)/t14-/m1/s1. The molecule has 1 saturated carbocycles. The van der Waals surface area contributed by atoms with Gasteiger partial charge in [-0.2, -0.15) is 5.10 Å². The van der Waals surface area contributed by atoms with Gasteiger partial charge in [-0.1, -0.05) is 24.5 Å². The second kappa shape index (κ2) is 8.08. The minimum atomic E-state index is -0.155. The average molecular weight is 330 g/mol. The number of rotatable bonds is 7. The number of nitrogens with one attached hydrogen (secondary N) is 1. The summed E-state index contributed by atoms with van der Waals surface area (Å²) in [5.74, 6) is 0.516. The van der Waals surface area contributed by atoms with Crippen molar-refractivity contribution in [2.75, 3.05) is 0 Å². The Morgan fingerprint density at radius 3 is 2.92 bits per heavy atom. The minimum absolute atomic E-state index is 0.0604. The molecule has 1 N–H and O–H groups in total. The van der Waals surface area contributed by atoms with Crippen molar-refractivity contribution in [3.8, 4) is 0 Å². The number of aryl methyl sites for hydroxylation is 1. The molecule has 7 heteroatoms. The predicted molar refractivity (Wildman–Crippen MR) is 90.4 cm³/mol. The van der Waals surface area contributed by atoms with Crippen molar-refractivity contribution >= 4 is 5.91 Å². The highest BCUT2D eigenvalue weighted by Gasteiger charge is 2.17. The lowest BCUT2D eigenvalue weighted by atomic mass is 9.89. The van der Waals surface area contributed by atoms with Crippen LogP contribution < -0.4 is 5.32 Å². The van der Waals surface area contributed by atoms with Crippen LogP contribution in [0.2, 0.25) is 0 Å². The summed E-state index contributed by atoms with van der Waals surface area (Å²) in [4.78, 5) is 12.3. The molecule has 0 unspecified atom stereocenters. The minimum Gasteiger partial charge on any atom is -0.348 e. The van der Waals surface area contributed by atoms with Gasteiger partial charge in [-0.15, -0.1) is 5.10 Å². The van der Waals surface area contributed by atoms with E-state index in [2.05, 4.69) is 20.7 Å². The number of hydrogen-bond acceptors (Lipinski definition) is 4. The normalized spacial score (nSPS) is 16.9. The quantitative estimate of drug-likeness (QED) is 0.845. The Kier molecular flexibility index (Phi) is 5.61. The third-order valence-corrected chi connectivity index (χ3v) is 4.67.